The lowest BCUT2D eigenvalue weighted by atomic mass is 10.2. The molecule has 3 rings (SSSR count). The van der Waals surface area contributed by atoms with Gasteiger partial charge in [0.15, 0.2) is 17.3 Å². The molecule has 21 heavy (non-hydrogen) atoms. The normalized spacial score (nSPS) is 14.0. The van der Waals surface area contributed by atoms with Crippen LogP contribution in [0, 0.1) is 5.82 Å². The van der Waals surface area contributed by atoms with Crippen molar-refractivity contribution in [1.82, 2.24) is 9.97 Å². The van der Waals surface area contributed by atoms with Crippen LogP contribution in [0.25, 0.3) is 0 Å². The van der Waals surface area contributed by atoms with Gasteiger partial charge in [0.1, 0.15) is 0 Å². The largest absolute Gasteiger partial charge is 0.504 e. The number of hydrogen-bond donors (Lipinski definition) is 1. The second-order valence-corrected chi connectivity index (χ2v) is 5.07. The molecular formula is C15H16FN3O2. The number of phenols is 1. The third-order valence-electron chi connectivity index (χ3n) is 3.45. The molecule has 0 atom stereocenters. The van der Waals surface area contributed by atoms with Gasteiger partial charge in [0.2, 0.25) is 5.95 Å². The smallest absolute Gasteiger partial charge is 0.225 e. The van der Waals surface area contributed by atoms with E-state index in [9.17, 15) is 9.50 Å². The monoisotopic (exact) mass is 289 g/mol. The first-order valence-electron chi connectivity index (χ1n) is 6.77. The van der Waals surface area contributed by atoms with Crippen molar-refractivity contribution in [2.24, 2.45) is 0 Å². The van der Waals surface area contributed by atoms with Crippen LogP contribution in [0.2, 0.25) is 0 Å². The SMILES string of the molecule is COc1cc(CN(c2ncc(F)cn2)C2CC2)ccc1O. The summed E-state index contributed by atoms with van der Waals surface area (Å²) >= 11 is 0. The van der Waals surface area contributed by atoms with Crippen LogP contribution >= 0.6 is 0 Å². The fourth-order valence-electron chi connectivity index (χ4n) is 2.22. The molecule has 1 N–H and O–H groups in total. The van der Waals surface area contributed by atoms with Crippen LogP contribution in [0.5, 0.6) is 11.5 Å². The molecule has 0 unspecified atom stereocenters. The van der Waals surface area contributed by atoms with Gasteiger partial charge in [0, 0.05) is 12.6 Å². The summed E-state index contributed by atoms with van der Waals surface area (Å²) in [5.74, 6) is 0.618. The summed E-state index contributed by atoms with van der Waals surface area (Å²) in [5, 5.41) is 9.63. The number of nitrogens with zero attached hydrogens (tertiary/aromatic N) is 3. The van der Waals surface area contributed by atoms with Crippen LogP contribution in [0.15, 0.2) is 30.6 Å². The maximum atomic E-state index is 12.9. The quantitative estimate of drug-likeness (QED) is 0.916. The van der Waals surface area contributed by atoms with Gasteiger partial charge in [0.25, 0.3) is 0 Å². The van der Waals surface area contributed by atoms with Gasteiger partial charge in [-0.3, -0.25) is 0 Å². The van der Waals surface area contributed by atoms with E-state index in [-0.39, 0.29) is 5.75 Å². The Labute approximate surface area is 122 Å². The van der Waals surface area contributed by atoms with Gasteiger partial charge in [-0.25, -0.2) is 14.4 Å². The van der Waals surface area contributed by atoms with Crippen molar-refractivity contribution in [2.45, 2.75) is 25.4 Å². The third kappa shape index (κ3) is 3.04. The molecule has 110 valence electrons. The molecule has 1 aromatic heterocycles. The molecule has 2 aromatic rings. The lowest BCUT2D eigenvalue weighted by Crippen LogP contribution is -2.27. The maximum absolute atomic E-state index is 12.9. The van der Waals surface area contributed by atoms with Crippen LogP contribution in [0.1, 0.15) is 18.4 Å². The van der Waals surface area contributed by atoms with Gasteiger partial charge in [-0.05, 0) is 30.5 Å². The van der Waals surface area contributed by atoms with E-state index in [1.165, 1.54) is 19.5 Å². The van der Waals surface area contributed by atoms with Crippen LogP contribution in [-0.4, -0.2) is 28.2 Å². The van der Waals surface area contributed by atoms with Crippen LogP contribution in [-0.2, 0) is 6.54 Å². The van der Waals surface area contributed by atoms with Crippen molar-refractivity contribution in [2.75, 3.05) is 12.0 Å². The fraction of sp³-hybridized carbons (Fsp3) is 0.333. The first-order valence-corrected chi connectivity index (χ1v) is 6.77. The Morgan fingerprint density at radius 2 is 2.05 bits per heavy atom. The van der Waals surface area contributed by atoms with E-state index < -0.39 is 5.82 Å². The average Bonchev–Trinajstić information content (AvgIpc) is 3.32. The number of methoxy groups -OCH3 is 1. The predicted molar refractivity (Wildman–Crippen MR) is 75.9 cm³/mol. The summed E-state index contributed by atoms with van der Waals surface area (Å²) in [4.78, 5) is 10.2. The second-order valence-electron chi connectivity index (χ2n) is 5.07. The van der Waals surface area contributed by atoms with Crippen LogP contribution in [0.3, 0.4) is 0 Å². The standard InChI is InChI=1S/C15H16FN3O2/c1-21-14-6-10(2-5-13(14)20)9-19(12-3-4-12)15-17-7-11(16)8-18-15/h2,5-8,12,20H,3-4,9H2,1H3. The minimum atomic E-state index is -0.444. The molecule has 0 saturated heterocycles. The summed E-state index contributed by atoms with van der Waals surface area (Å²) in [6.07, 6.45) is 4.51. The molecule has 1 aliphatic carbocycles. The zero-order valence-corrected chi connectivity index (χ0v) is 11.7. The number of anilines is 1. The lowest BCUT2D eigenvalue weighted by Gasteiger charge is -2.22. The summed E-state index contributed by atoms with van der Waals surface area (Å²) in [6, 6.07) is 5.60. The van der Waals surface area contributed by atoms with Gasteiger partial charge in [0.05, 0.1) is 19.5 Å². The van der Waals surface area contributed by atoms with Crippen molar-refractivity contribution >= 4 is 5.95 Å². The van der Waals surface area contributed by atoms with Gasteiger partial charge in [-0.15, -0.1) is 0 Å². The van der Waals surface area contributed by atoms with Crippen LogP contribution in [0.4, 0.5) is 10.3 Å². The Bertz CT molecular complexity index is 629. The molecule has 0 bridgehead atoms. The number of ether oxygens (including phenoxy) is 1. The van der Waals surface area contributed by atoms with E-state index in [0.717, 1.165) is 18.4 Å². The molecule has 1 aliphatic rings. The first kappa shape index (κ1) is 13.6. The van der Waals surface area contributed by atoms with Crippen molar-refractivity contribution in [3.63, 3.8) is 0 Å². The van der Waals surface area contributed by atoms with E-state index in [0.29, 0.717) is 24.3 Å². The van der Waals surface area contributed by atoms with Crippen LogP contribution < -0.4 is 9.64 Å². The molecule has 6 heteroatoms. The Morgan fingerprint density at radius 1 is 1.33 bits per heavy atom. The lowest BCUT2D eigenvalue weighted by molar-refractivity contribution is 0.373. The molecule has 1 saturated carbocycles. The summed E-state index contributed by atoms with van der Waals surface area (Å²) < 4.78 is 18.1. The molecule has 5 nitrogen and oxygen atoms in total. The van der Waals surface area contributed by atoms with Crippen molar-refractivity contribution in [3.8, 4) is 11.5 Å². The highest BCUT2D eigenvalue weighted by atomic mass is 19.1. The van der Waals surface area contributed by atoms with Gasteiger partial charge >= 0.3 is 0 Å². The minimum absolute atomic E-state index is 0.109. The fourth-order valence-corrected chi connectivity index (χ4v) is 2.22. The number of aromatic hydroxyl groups is 1. The molecule has 0 spiro atoms. The Hall–Kier alpha value is -2.37. The number of aromatic nitrogens is 2. The molecule has 1 aromatic carbocycles. The Balaban J connectivity index is 1.84. The molecule has 0 aliphatic heterocycles. The number of benzene rings is 1. The van der Waals surface area contributed by atoms with Gasteiger partial charge in [-0.1, -0.05) is 6.07 Å². The van der Waals surface area contributed by atoms with Crippen molar-refractivity contribution in [1.29, 1.82) is 0 Å². The van der Waals surface area contributed by atoms with E-state index in [1.54, 1.807) is 12.1 Å². The minimum Gasteiger partial charge on any atom is -0.504 e. The third-order valence-corrected chi connectivity index (χ3v) is 3.45. The Morgan fingerprint density at radius 3 is 2.67 bits per heavy atom. The molecule has 0 amide bonds. The average molecular weight is 289 g/mol. The van der Waals surface area contributed by atoms with E-state index >= 15 is 0 Å². The van der Waals surface area contributed by atoms with Crippen molar-refractivity contribution < 1.29 is 14.2 Å². The second kappa shape index (κ2) is 5.55. The Kier molecular flexibility index (Phi) is 3.60. The number of halogens is 1. The molecule has 1 fully saturated rings. The molecule has 0 radical (unpaired) electrons. The molecular weight excluding hydrogens is 273 g/mol. The van der Waals surface area contributed by atoms with E-state index in [4.69, 9.17) is 4.74 Å². The first-order chi connectivity index (χ1) is 10.2. The zero-order chi connectivity index (χ0) is 14.8. The molecule has 1 heterocycles. The highest BCUT2D eigenvalue weighted by molar-refractivity contribution is 5.44. The number of rotatable bonds is 5. The van der Waals surface area contributed by atoms with Crippen molar-refractivity contribution in [3.05, 3.63) is 42.0 Å². The van der Waals surface area contributed by atoms with Gasteiger partial charge < -0.3 is 14.7 Å². The maximum Gasteiger partial charge on any atom is 0.225 e. The summed E-state index contributed by atoms with van der Waals surface area (Å²) in [5.41, 5.74) is 0.976. The summed E-state index contributed by atoms with van der Waals surface area (Å²) in [7, 11) is 1.51. The number of phenolic OH excluding ortho intramolecular Hbond substituents is 1. The van der Waals surface area contributed by atoms with E-state index in [2.05, 4.69) is 9.97 Å². The van der Waals surface area contributed by atoms with E-state index in [1.807, 2.05) is 11.0 Å². The number of hydrogen-bond acceptors (Lipinski definition) is 5. The summed E-state index contributed by atoms with van der Waals surface area (Å²) in [6.45, 7) is 0.590. The van der Waals surface area contributed by atoms with Gasteiger partial charge in [-0.2, -0.15) is 0 Å². The highest BCUT2D eigenvalue weighted by Crippen LogP contribution is 2.33. The predicted octanol–water partition coefficient (Wildman–Crippen LogP) is 2.50. The highest BCUT2D eigenvalue weighted by Gasteiger charge is 2.31. The topological polar surface area (TPSA) is 58.5 Å². The zero-order valence-electron chi connectivity index (χ0n) is 11.7.